The summed E-state index contributed by atoms with van der Waals surface area (Å²) in [6.07, 6.45) is 0. The van der Waals surface area contributed by atoms with E-state index in [1.807, 2.05) is 6.07 Å². The first-order valence-electron chi connectivity index (χ1n) is 5.68. The fourth-order valence-corrected chi connectivity index (χ4v) is 1.98. The molecule has 4 nitrogen and oxygen atoms in total. The first kappa shape index (κ1) is 13.3. The molecule has 0 fully saturated rings. The van der Waals surface area contributed by atoms with E-state index in [2.05, 4.69) is 0 Å². The number of benzene rings is 1. The molecule has 96 valence electrons. The fourth-order valence-electron chi connectivity index (χ4n) is 1.86. The highest BCUT2D eigenvalue weighted by atomic mass is 35.5. The topological polar surface area (TPSA) is 66.0 Å². The molecule has 0 aliphatic rings. The maximum Gasteiger partial charge on any atom is 0.269 e. The Hall–Kier alpha value is -2.09. The van der Waals surface area contributed by atoms with E-state index in [1.165, 1.54) is 10.6 Å². The smallest absolute Gasteiger partial charge is 0.269 e. The molecule has 0 amide bonds. The number of aliphatic hydroxyl groups excluding tert-OH is 1. The SMILES string of the molecule is N#Cc1ccc(-c2ccc(Cl)cc2)n(CCO)c1=O. The van der Waals surface area contributed by atoms with Crippen molar-refractivity contribution in [2.75, 3.05) is 6.61 Å². The van der Waals surface area contributed by atoms with Gasteiger partial charge in [-0.25, -0.2) is 0 Å². The summed E-state index contributed by atoms with van der Waals surface area (Å²) >= 11 is 5.83. The van der Waals surface area contributed by atoms with Crippen LogP contribution in [0.5, 0.6) is 0 Å². The second kappa shape index (κ2) is 5.70. The molecule has 1 aromatic carbocycles. The number of halogens is 1. The molecule has 5 heteroatoms. The number of hydrogen-bond acceptors (Lipinski definition) is 3. The third-order valence-electron chi connectivity index (χ3n) is 2.76. The minimum atomic E-state index is -0.399. The largest absolute Gasteiger partial charge is 0.395 e. The first-order valence-corrected chi connectivity index (χ1v) is 6.06. The van der Waals surface area contributed by atoms with Crippen LogP contribution in [0.2, 0.25) is 5.02 Å². The highest BCUT2D eigenvalue weighted by Gasteiger charge is 2.09. The minimum absolute atomic E-state index is 0.0613. The van der Waals surface area contributed by atoms with E-state index in [0.717, 1.165) is 5.56 Å². The Labute approximate surface area is 115 Å². The molecule has 0 aliphatic carbocycles. The zero-order valence-corrected chi connectivity index (χ0v) is 10.8. The number of aliphatic hydroxyl groups is 1. The van der Waals surface area contributed by atoms with Gasteiger partial charge in [-0.05, 0) is 29.8 Å². The lowest BCUT2D eigenvalue weighted by Crippen LogP contribution is -2.25. The van der Waals surface area contributed by atoms with Gasteiger partial charge in [-0.3, -0.25) is 4.79 Å². The molecule has 0 spiro atoms. The zero-order chi connectivity index (χ0) is 13.8. The second-order valence-corrected chi connectivity index (χ2v) is 4.37. The lowest BCUT2D eigenvalue weighted by molar-refractivity contribution is 0.275. The summed E-state index contributed by atoms with van der Waals surface area (Å²) in [6.45, 7) is -0.0261. The van der Waals surface area contributed by atoms with Gasteiger partial charge in [0.05, 0.1) is 12.3 Å². The molecule has 2 aromatic rings. The number of aromatic nitrogens is 1. The Morgan fingerprint density at radius 3 is 2.47 bits per heavy atom. The number of pyridine rings is 1. The maximum absolute atomic E-state index is 12.1. The molecule has 0 atom stereocenters. The van der Waals surface area contributed by atoms with Crippen molar-refractivity contribution in [3.05, 3.63) is 57.3 Å². The van der Waals surface area contributed by atoms with Crippen molar-refractivity contribution in [2.45, 2.75) is 6.54 Å². The van der Waals surface area contributed by atoms with Crippen LogP contribution in [0.4, 0.5) is 0 Å². The second-order valence-electron chi connectivity index (χ2n) is 3.93. The Balaban J connectivity index is 2.63. The summed E-state index contributed by atoms with van der Waals surface area (Å²) in [7, 11) is 0. The van der Waals surface area contributed by atoms with Crippen LogP contribution in [0, 0.1) is 11.3 Å². The average Bonchev–Trinajstić information content (AvgIpc) is 2.42. The quantitative estimate of drug-likeness (QED) is 0.931. The predicted octanol–water partition coefficient (Wildman–Crippen LogP) is 2.03. The Morgan fingerprint density at radius 2 is 1.89 bits per heavy atom. The van der Waals surface area contributed by atoms with Gasteiger partial charge in [-0.15, -0.1) is 0 Å². The number of hydrogen-bond donors (Lipinski definition) is 1. The summed E-state index contributed by atoms with van der Waals surface area (Å²) in [4.78, 5) is 12.1. The van der Waals surface area contributed by atoms with Crippen LogP contribution in [-0.2, 0) is 6.54 Å². The van der Waals surface area contributed by atoms with E-state index in [0.29, 0.717) is 10.7 Å². The molecule has 0 bridgehead atoms. The van der Waals surface area contributed by atoms with Gasteiger partial charge in [-0.1, -0.05) is 23.7 Å². The van der Waals surface area contributed by atoms with Crippen molar-refractivity contribution < 1.29 is 5.11 Å². The highest BCUT2D eigenvalue weighted by molar-refractivity contribution is 6.30. The molecule has 0 saturated carbocycles. The number of rotatable bonds is 3. The summed E-state index contributed by atoms with van der Waals surface area (Å²) in [5.41, 5.74) is 1.12. The summed E-state index contributed by atoms with van der Waals surface area (Å²) in [6, 6.07) is 12.1. The van der Waals surface area contributed by atoms with E-state index in [-0.39, 0.29) is 18.7 Å². The molecule has 0 radical (unpaired) electrons. The van der Waals surface area contributed by atoms with Crippen molar-refractivity contribution in [3.8, 4) is 17.3 Å². The van der Waals surface area contributed by atoms with Gasteiger partial charge in [0.2, 0.25) is 0 Å². The van der Waals surface area contributed by atoms with Crippen LogP contribution in [0.3, 0.4) is 0 Å². The van der Waals surface area contributed by atoms with Crippen molar-refractivity contribution in [2.24, 2.45) is 0 Å². The van der Waals surface area contributed by atoms with Gasteiger partial charge in [0.1, 0.15) is 11.6 Å². The fraction of sp³-hybridized carbons (Fsp3) is 0.143. The van der Waals surface area contributed by atoms with Gasteiger partial charge in [0, 0.05) is 11.6 Å². The Kier molecular flexibility index (Phi) is 4.00. The average molecular weight is 275 g/mol. The minimum Gasteiger partial charge on any atom is -0.395 e. The van der Waals surface area contributed by atoms with Crippen molar-refractivity contribution >= 4 is 11.6 Å². The Morgan fingerprint density at radius 1 is 1.21 bits per heavy atom. The molecule has 0 aliphatic heterocycles. The molecule has 2 rings (SSSR count). The molecule has 1 N–H and O–H groups in total. The lowest BCUT2D eigenvalue weighted by atomic mass is 10.1. The van der Waals surface area contributed by atoms with E-state index < -0.39 is 5.56 Å². The van der Waals surface area contributed by atoms with Gasteiger partial charge in [0.25, 0.3) is 5.56 Å². The first-order chi connectivity index (χ1) is 9.17. The number of nitriles is 1. The third-order valence-corrected chi connectivity index (χ3v) is 3.01. The Bertz CT molecular complexity index is 684. The normalized spacial score (nSPS) is 10.2. The van der Waals surface area contributed by atoms with Crippen LogP contribution >= 0.6 is 11.6 Å². The summed E-state index contributed by atoms with van der Waals surface area (Å²) < 4.78 is 1.39. The van der Waals surface area contributed by atoms with E-state index >= 15 is 0 Å². The maximum atomic E-state index is 12.1. The molecule has 1 aromatic heterocycles. The van der Waals surface area contributed by atoms with Gasteiger partial charge < -0.3 is 9.67 Å². The standard InChI is InChI=1S/C14H11ClN2O2/c15-12-4-1-10(2-5-12)13-6-3-11(9-16)14(19)17(13)7-8-18/h1-6,18H,7-8H2. The van der Waals surface area contributed by atoms with E-state index in [9.17, 15) is 4.79 Å². The van der Waals surface area contributed by atoms with Crippen molar-refractivity contribution in [1.82, 2.24) is 4.57 Å². The van der Waals surface area contributed by atoms with Crippen molar-refractivity contribution in [1.29, 1.82) is 5.26 Å². The van der Waals surface area contributed by atoms with Crippen LogP contribution in [0.1, 0.15) is 5.56 Å². The summed E-state index contributed by atoms with van der Waals surface area (Å²) in [5.74, 6) is 0. The number of nitrogens with zero attached hydrogens (tertiary/aromatic N) is 2. The van der Waals surface area contributed by atoms with Gasteiger partial charge in [0.15, 0.2) is 0 Å². The summed E-state index contributed by atoms with van der Waals surface area (Å²) in [5, 5.41) is 18.5. The van der Waals surface area contributed by atoms with Crippen LogP contribution < -0.4 is 5.56 Å². The molecular formula is C14H11ClN2O2. The van der Waals surface area contributed by atoms with Crippen LogP contribution in [-0.4, -0.2) is 16.3 Å². The van der Waals surface area contributed by atoms with Crippen LogP contribution in [0.25, 0.3) is 11.3 Å². The zero-order valence-electron chi connectivity index (χ0n) is 10.0. The van der Waals surface area contributed by atoms with Crippen LogP contribution in [0.15, 0.2) is 41.2 Å². The molecule has 0 unspecified atom stereocenters. The molecular weight excluding hydrogens is 264 g/mol. The monoisotopic (exact) mass is 274 g/mol. The van der Waals surface area contributed by atoms with Gasteiger partial charge in [-0.2, -0.15) is 5.26 Å². The molecule has 1 heterocycles. The molecule has 0 saturated heterocycles. The van der Waals surface area contributed by atoms with E-state index in [1.54, 1.807) is 30.3 Å². The predicted molar refractivity (Wildman–Crippen MR) is 72.9 cm³/mol. The third kappa shape index (κ3) is 2.68. The van der Waals surface area contributed by atoms with E-state index in [4.69, 9.17) is 22.0 Å². The lowest BCUT2D eigenvalue weighted by Gasteiger charge is -2.12. The van der Waals surface area contributed by atoms with Crippen molar-refractivity contribution in [3.63, 3.8) is 0 Å². The van der Waals surface area contributed by atoms with Gasteiger partial charge >= 0.3 is 0 Å². The molecule has 19 heavy (non-hydrogen) atoms. The highest BCUT2D eigenvalue weighted by Crippen LogP contribution is 2.20.